The van der Waals surface area contributed by atoms with Gasteiger partial charge in [-0.15, -0.1) is 11.3 Å². The summed E-state index contributed by atoms with van der Waals surface area (Å²) in [5.74, 6) is 0.592. The van der Waals surface area contributed by atoms with Gasteiger partial charge >= 0.3 is 0 Å². The quantitative estimate of drug-likeness (QED) is 0.837. The third-order valence-corrected chi connectivity index (χ3v) is 3.34. The summed E-state index contributed by atoms with van der Waals surface area (Å²) in [7, 11) is 0. The van der Waals surface area contributed by atoms with Crippen LogP contribution in [-0.4, -0.2) is 16.0 Å². The Morgan fingerprint density at radius 1 is 1.59 bits per heavy atom. The first kappa shape index (κ1) is 12.1. The highest BCUT2D eigenvalue weighted by atomic mass is 35.5. The molecule has 0 saturated carbocycles. The lowest BCUT2D eigenvalue weighted by Gasteiger charge is -2.14. The van der Waals surface area contributed by atoms with Gasteiger partial charge in [-0.3, -0.25) is 0 Å². The SMILES string of the molecule is CC(Cc1cccs1)Nc1nc(Cl)ncc1N. The van der Waals surface area contributed by atoms with E-state index in [0.29, 0.717) is 11.5 Å². The molecule has 0 fully saturated rings. The maximum absolute atomic E-state index is 5.77. The normalized spacial score (nSPS) is 12.4. The highest BCUT2D eigenvalue weighted by molar-refractivity contribution is 7.09. The average Bonchev–Trinajstić information content (AvgIpc) is 2.76. The van der Waals surface area contributed by atoms with E-state index in [1.807, 2.05) is 6.07 Å². The topological polar surface area (TPSA) is 63.8 Å². The Morgan fingerprint density at radius 3 is 3.12 bits per heavy atom. The molecule has 6 heteroatoms. The number of halogens is 1. The second-order valence-electron chi connectivity index (χ2n) is 3.77. The van der Waals surface area contributed by atoms with E-state index in [4.69, 9.17) is 17.3 Å². The van der Waals surface area contributed by atoms with Crippen molar-refractivity contribution in [2.45, 2.75) is 19.4 Å². The molecule has 4 nitrogen and oxygen atoms in total. The molecule has 1 atom stereocenters. The van der Waals surface area contributed by atoms with Crippen molar-refractivity contribution in [3.8, 4) is 0 Å². The summed E-state index contributed by atoms with van der Waals surface area (Å²) in [6.07, 6.45) is 2.44. The summed E-state index contributed by atoms with van der Waals surface area (Å²) in [6, 6.07) is 4.39. The Hall–Kier alpha value is -1.33. The van der Waals surface area contributed by atoms with Crippen LogP contribution < -0.4 is 11.1 Å². The fourth-order valence-electron chi connectivity index (χ4n) is 1.50. The van der Waals surface area contributed by atoms with E-state index in [2.05, 4.69) is 33.7 Å². The van der Waals surface area contributed by atoms with Gasteiger partial charge in [-0.2, -0.15) is 4.98 Å². The third kappa shape index (κ3) is 3.31. The number of nitrogens with two attached hydrogens (primary N) is 1. The summed E-state index contributed by atoms with van der Waals surface area (Å²) < 4.78 is 0. The molecule has 1 unspecified atom stereocenters. The van der Waals surface area contributed by atoms with Gasteiger partial charge in [-0.25, -0.2) is 4.98 Å². The molecule has 0 spiro atoms. The van der Waals surface area contributed by atoms with Crippen LogP contribution in [0.5, 0.6) is 0 Å². The van der Waals surface area contributed by atoms with Crippen LogP contribution in [0.3, 0.4) is 0 Å². The van der Waals surface area contributed by atoms with Crippen LogP contribution in [-0.2, 0) is 6.42 Å². The summed E-state index contributed by atoms with van der Waals surface area (Å²) in [5.41, 5.74) is 6.27. The van der Waals surface area contributed by atoms with Crippen molar-refractivity contribution in [3.63, 3.8) is 0 Å². The lowest BCUT2D eigenvalue weighted by molar-refractivity contribution is 0.794. The number of hydrogen-bond donors (Lipinski definition) is 2. The lowest BCUT2D eigenvalue weighted by atomic mass is 10.2. The zero-order valence-electron chi connectivity index (χ0n) is 9.35. The summed E-state index contributed by atoms with van der Waals surface area (Å²) in [4.78, 5) is 9.20. The minimum atomic E-state index is 0.199. The van der Waals surface area contributed by atoms with Crippen molar-refractivity contribution in [2.24, 2.45) is 0 Å². The molecule has 2 heterocycles. The second-order valence-corrected chi connectivity index (χ2v) is 5.14. The van der Waals surface area contributed by atoms with Crippen molar-refractivity contribution in [2.75, 3.05) is 11.1 Å². The molecular formula is C11H13ClN4S. The minimum Gasteiger partial charge on any atom is -0.394 e. The van der Waals surface area contributed by atoms with Crippen LogP contribution >= 0.6 is 22.9 Å². The Bertz CT molecular complexity index is 486. The van der Waals surface area contributed by atoms with Crippen molar-refractivity contribution in [3.05, 3.63) is 33.9 Å². The first-order chi connectivity index (χ1) is 8.15. The van der Waals surface area contributed by atoms with Gasteiger partial charge in [0.05, 0.1) is 11.9 Å². The fraction of sp³-hybridized carbons (Fsp3) is 0.273. The van der Waals surface area contributed by atoms with Crippen LogP contribution in [0.2, 0.25) is 5.28 Å². The van der Waals surface area contributed by atoms with Gasteiger partial charge in [-0.1, -0.05) is 6.07 Å². The van der Waals surface area contributed by atoms with Crippen molar-refractivity contribution in [1.29, 1.82) is 0 Å². The number of aromatic nitrogens is 2. The van der Waals surface area contributed by atoms with Crippen molar-refractivity contribution in [1.82, 2.24) is 9.97 Å². The van der Waals surface area contributed by atoms with Gasteiger partial charge < -0.3 is 11.1 Å². The van der Waals surface area contributed by atoms with Gasteiger partial charge in [-0.05, 0) is 30.0 Å². The number of nitrogen functional groups attached to an aromatic ring is 1. The number of nitrogens with one attached hydrogen (secondary N) is 1. The highest BCUT2D eigenvalue weighted by Crippen LogP contribution is 2.19. The molecule has 2 aromatic heterocycles. The highest BCUT2D eigenvalue weighted by Gasteiger charge is 2.08. The van der Waals surface area contributed by atoms with E-state index in [1.165, 1.54) is 11.1 Å². The molecule has 0 bridgehead atoms. The number of rotatable bonds is 4. The largest absolute Gasteiger partial charge is 0.394 e. The molecule has 0 amide bonds. The smallest absolute Gasteiger partial charge is 0.224 e. The number of thiophene rings is 1. The zero-order valence-corrected chi connectivity index (χ0v) is 10.9. The number of anilines is 2. The predicted molar refractivity (Wildman–Crippen MR) is 72.6 cm³/mol. The zero-order chi connectivity index (χ0) is 12.3. The summed E-state index contributed by atoms with van der Waals surface area (Å²) in [6.45, 7) is 2.08. The Balaban J connectivity index is 2.02. The molecular weight excluding hydrogens is 256 g/mol. The standard InChI is InChI=1S/C11H13ClN4S/c1-7(5-8-3-2-4-17-8)15-10-9(13)6-14-11(12)16-10/h2-4,6-7H,5,13H2,1H3,(H,14,15,16). The average molecular weight is 269 g/mol. The molecule has 0 aliphatic rings. The van der Waals surface area contributed by atoms with E-state index in [1.54, 1.807) is 11.3 Å². The van der Waals surface area contributed by atoms with Gasteiger partial charge in [0.15, 0.2) is 5.82 Å². The van der Waals surface area contributed by atoms with E-state index < -0.39 is 0 Å². The monoisotopic (exact) mass is 268 g/mol. The Kier molecular flexibility index (Phi) is 3.81. The van der Waals surface area contributed by atoms with Crippen molar-refractivity contribution < 1.29 is 0 Å². The van der Waals surface area contributed by atoms with Gasteiger partial charge in [0.2, 0.25) is 5.28 Å². The van der Waals surface area contributed by atoms with Crippen molar-refractivity contribution >= 4 is 34.4 Å². The lowest BCUT2D eigenvalue weighted by Crippen LogP contribution is -2.19. The molecule has 0 aromatic carbocycles. The number of nitrogens with zero attached hydrogens (tertiary/aromatic N) is 2. The summed E-state index contributed by atoms with van der Waals surface area (Å²) >= 11 is 7.47. The molecule has 0 aliphatic carbocycles. The molecule has 0 aliphatic heterocycles. The molecule has 0 saturated heterocycles. The Labute approximate surface area is 109 Å². The molecule has 0 radical (unpaired) electrons. The van der Waals surface area contributed by atoms with Gasteiger partial charge in [0.25, 0.3) is 0 Å². The molecule has 2 rings (SSSR count). The molecule has 2 aromatic rings. The van der Waals surface area contributed by atoms with Crippen LogP contribution in [0.25, 0.3) is 0 Å². The van der Waals surface area contributed by atoms with E-state index >= 15 is 0 Å². The van der Waals surface area contributed by atoms with Crippen LogP contribution in [0.4, 0.5) is 11.5 Å². The second kappa shape index (κ2) is 5.33. The fourth-order valence-corrected chi connectivity index (χ4v) is 2.47. The van der Waals surface area contributed by atoms with Crippen LogP contribution in [0.1, 0.15) is 11.8 Å². The van der Waals surface area contributed by atoms with E-state index in [-0.39, 0.29) is 11.3 Å². The number of hydrogen-bond acceptors (Lipinski definition) is 5. The van der Waals surface area contributed by atoms with E-state index in [0.717, 1.165) is 6.42 Å². The summed E-state index contributed by atoms with van der Waals surface area (Å²) in [5, 5.41) is 5.50. The van der Waals surface area contributed by atoms with E-state index in [9.17, 15) is 0 Å². The Morgan fingerprint density at radius 2 is 2.41 bits per heavy atom. The van der Waals surface area contributed by atoms with Crippen LogP contribution in [0, 0.1) is 0 Å². The maximum atomic E-state index is 5.77. The minimum absolute atomic E-state index is 0.199. The first-order valence-corrected chi connectivity index (χ1v) is 6.48. The van der Waals surface area contributed by atoms with Gasteiger partial charge in [0.1, 0.15) is 0 Å². The molecule has 90 valence electrons. The first-order valence-electron chi connectivity index (χ1n) is 5.22. The van der Waals surface area contributed by atoms with Crippen LogP contribution in [0.15, 0.2) is 23.7 Å². The maximum Gasteiger partial charge on any atom is 0.224 e. The molecule has 3 N–H and O–H groups in total. The third-order valence-electron chi connectivity index (χ3n) is 2.26. The van der Waals surface area contributed by atoms with Gasteiger partial charge in [0, 0.05) is 17.3 Å². The molecule has 17 heavy (non-hydrogen) atoms. The predicted octanol–water partition coefficient (Wildman–Crippen LogP) is 2.82.